The number of hydrogen-bond donors (Lipinski definition) is 1. The van der Waals surface area contributed by atoms with E-state index in [2.05, 4.69) is 14.9 Å². The molecule has 140 valence electrons. The average Bonchev–Trinajstić information content (AvgIpc) is 3.24. The van der Waals surface area contributed by atoms with E-state index in [1.54, 1.807) is 11.3 Å². The quantitative estimate of drug-likeness (QED) is 0.839. The Kier molecular flexibility index (Phi) is 5.98. The van der Waals surface area contributed by atoms with E-state index < -0.39 is 0 Å². The molecule has 2 aliphatic rings. The fourth-order valence-electron chi connectivity index (χ4n) is 4.39. The van der Waals surface area contributed by atoms with Gasteiger partial charge in [0.15, 0.2) is 0 Å². The van der Waals surface area contributed by atoms with E-state index in [-0.39, 0.29) is 6.10 Å². The van der Waals surface area contributed by atoms with Gasteiger partial charge in [-0.2, -0.15) is 0 Å². The zero-order valence-corrected chi connectivity index (χ0v) is 16.2. The Morgan fingerprint density at radius 2 is 1.81 bits per heavy atom. The molecule has 0 bridgehead atoms. The van der Waals surface area contributed by atoms with Gasteiger partial charge in [-0.3, -0.25) is 4.90 Å². The first-order valence-corrected chi connectivity index (χ1v) is 10.9. The molecule has 2 fully saturated rings. The minimum atomic E-state index is -0.296. The number of thiophene rings is 1. The maximum absolute atomic E-state index is 10.5. The number of aromatic nitrogens is 2. The molecule has 0 spiro atoms. The van der Waals surface area contributed by atoms with Gasteiger partial charge in [0.25, 0.3) is 0 Å². The highest BCUT2D eigenvalue weighted by Crippen LogP contribution is 2.33. The van der Waals surface area contributed by atoms with Gasteiger partial charge < -0.3 is 5.11 Å². The maximum Gasteiger partial charge on any atom is 0.131 e. The number of nitrogens with zero attached hydrogens (tertiary/aromatic N) is 3. The summed E-state index contributed by atoms with van der Waals surface area (Å²) >= 11 is 1.66. The Hall–Kier alpha value is -1.30. The SMILES string of the molecule is O[C@@H](c1cccs1)C1CCN(Cc2cnc(C3CCCCC3)nc2)CC1. The summed E-state index contributed by atoms with van der Waals surface area (Å²) in [6.07, 6.45) is 12.4. The predicted octanol–water partition coefficient (Wildman–Crippen LogP) is 4.53. The number of piperidine rings is 1. The Morgan fingerprint density at radius 3 is 2.46 bits per heavy atom. The monoisotopic (exact) mass is 371 g/mol. The zero-order valence-electron chi connectivity index (χ0n) is 15.4. The Labute approximate surface area is 160 Å². The lowest BCUT2D eigenvalue weighted by atomic mass is 9.88. The molecule has 26 heavy (non-hydrogen) atoms. The van der Waals surface area contributed by atoms with Crippen molar-refractivity contribution in [3.63, 3.8) is 0 Å². The number of aliphatic hydroxyl groups excluding tert-OH is 1. The molecule has 0 aromatic carbocycles. The van der Waals surface area contributed by atoms with E-state index >= 15 is 0 Å². The van der Waals surface area contributed by atoms with Crippen LogP contribution in [0.2, 0.25) is 0 Å². The summed E-state index contributed by atoms with van der Waals surface area (Å²) in [5.74, 6) is 2.01. The van der Waals surface area contributed by atoms with Gasteiger partial charge in [0, 0.05) is 35.3 Å². The number of hydrogen-bond acceptors (Lipinski definition) is 5. The Bertz CT molecular complexity index is 659. The second-order valence-corrected chi connectivity index (χ2v) is 8.84. The average molecular weight is 372 g/mol. The lowest BCUT2D eigenvalue weighted by Crippen LogP contribution is -2.35. The predicted molar refractivity (Wildman–Crippen MR) is 105 cm³/mol. The van der Waals surface area contributed by atoms with Gasteiger partial charge in [-0.05, 0) is 56.1 Å². The molecule has 2 aromatic rings. The molecule has 4 nitrogen and oxygen atoms in total. The van der Waals surface area contributed by atoms with Crippen LogP contribution in [0.15, 0.2) is 29.9 Å². The second kappa shape index (κ2) is 8.59. The van der Waals surface area contributed by atoms with Gasteiger partial charge in [0.1, 0.15) is 5.82 Å². The van der Waals surface area contributed by atoms with Crippen LogP contribution >= 0.6 is 11.3 Å². The minimum Gasteiger partial charge on any atom is -0.387 e. The summed E-state index contributed by atoms with van der Waals surface area (Å²) in [7, 11) is 0. The van der Waals surface area contributed by atoms with Crippen LogP contribution < -0.4 is 0 Å². The third-order valence-corrected chi connectivity index (χ3v) is 6.96. The van der Waals surface area contributed by atoms with Crippen LogP contribution in [0.1, 0.15) is 73.2 Å². The summed E-state index contributed by atoms with van der Waals surface area (Å²) in [4.78, 5) is 12.9. The molecule has 3 heterocycles. The molecule has 1 aliphatic carbocycles. The van der Waals surface area contributed by atoms with Crippen LogP contribution in [0, 0.1) is 5.92 Å². The molecule has 1 aliphatic heterocycles. The maximum atomic E-state index is 10.5. The van der Waals surface area contributed by atoms with Crippen LogP contribution in [-0.4, -0.2) is 33.1 Å². The Morgan fingerprint density at radius 1 is 1.08 bits per heavy atom. The molecule has 1 saturated carbocycles. The van der Waals surface area contributed by atoms with Crippen LogP contribution in [0.4, 0.5) is 0 Å². The fourth-order valence-corrected chi connectivity index (χ4v) is 5.20. The third-order valence-electron chi connectivity index (χ3n) is 6.02. The first-order valence-electron chi connectivity index (χ1n) is 10.0. The van der Waals surface area contributed by atoms with Gasteiger partial charge >= 0.3 is 0 Å². The zero-order chi connectivity index (χ0) is 17.8. The molecule has 0 radical (unpaired) electrons. The van der Waals surface area contributed by atoms with Crippen LogP contribution in [0.25, 0.3) is 0 Å². The lowest BCUT2D eigenvalue weighted by molar-refractivity contribution is 0.0590. The first-order chi connectivity index (χ1) is 12.8. The highest BCUT2D eigenvalue weighted by Gasteiger charge is 2.27. The van der Waals surface area contributed by atoms with E-state index in [1.165, 1.54) is 37.7 Å². The highest BCUT2D eigenvalue weighted by molar-refractivity contribution is 7.10. The molecule has 1 N–H and O–H groups in total. The second-order valence-electron chi connectivity index (χ2n) is 7.86. The van der Waals surface area contributed by atoms with Crippen LogP contribution in [0.5, 0.6) is 0 Å². The molecular formula is C21H29N3OS. The smallest absolute Gasteiger partial charge is 0.131 e. The standard InChI is InChI=1S/C21H29N3OS/c25-20(19-7-4-12-26-19)17-8-10-24(11-9-17)15-16-13-22-21(23-14-16)18-5-2-1-3-6-18/h4,7,12-14,17-18,20,25H,1-3,5-6,8-11,15H2/t20-/m1/s1. The van der Waals surface area contributed by atoms with Gasteiger partial charge in [-0.15, -0.1) is 11.3 Å². The van der Waals surface area contributed by atoms with Crippen LogP contribution in [0.3, 0.4) is 0 Å². The minimum absolute atomic E-state index is 0.296. The summed E-state index contributed by atoms with van der Waals surface area (Å²) in [5.41, 5.74) is 1.21. The largest absolute Gasteiger partial charge is 0.387 e. The van der Waals surface area contributed by atoms with Crippen molar-refractivity contribution in [2.24, 2.45) is 5.92 Å². The van der Waals surface area contributed by atoms with Gasteiger partial charge in [0.2, 0.25) is 0 Å². The van der Waals surface area contributed by atoms with Crippen molar-refractivity contribution in [1.29, 1.82) is 0 Å². The molecule has 1 atom stereocenters. The molecule has 4 rings (SSSR count). The summed E-state index contributed by atoms with van der Waals surface area (Å²) in [6, 6.07) is 4.07. The van der Waals surface area contributed by atoms with Gasteiger partial charge in [-0.1, -0.05) is 25.3 Å². The van der Waals surface area contributed by atoms with Crippen molar-refractivity contribution in [1.82, 2.24) is 14.9 Å². The molecule has 0 unspecified atom stereocenters. The van der Waals surface area contributed by atoms with Crippen molar-refractivity contribution in [3.05, 3.63) is 46.2 Å². The summed E-state index contributed by atoms with van der Waals surface area (Å²) < 4.78 is 0. The molecule has 5 heteroatoms. The van der Waals surface area contributed by atoms with Crippen molar-refractivity contribution < 1.29 is 5.11 Å². The van der Waals surface area contributed by atoms with Gasteiger partial charge in [-0.25, -0.2) is 9.97 Å². The summed E-state index contributed by atoms with van der Waals surface area (Å²) in [6.45, 7) is 3.00. The normalized spacial score (nSPS) is 21.7. The lowest BCUT2D eigenvalue weighted by Gasteiger charge is -2.33. The van der Waals surface area contributed by atoms with Crippen molar-refractivity contribution in [2.75, 3.05) is 13.1 Å². The van der Waals surface area contributed by atoms with E-state index in [1.807, 2.05) is 29.9 Å². The van der Waals surface area contributed by atoms with Crippen LogP contribution in [-0.2, 0) is 6.54 Å². The highest BCUT2D eigenvalue weighted by atomic mass is 32.1. The molecule has 2 aromatic heterocycles. The summed E-state index contributed by atoms with van der Waals surface area (Å²) in [5, 5.41) is 12.6. The number of aliphatic hydroxyl groups is 1. The van der Waals surface area contributed by atoms with E-state index in [0.29, 0.717) is 11.8 Å². The molecular weight excluding hydrogens is 342 g/mol. The third kappa shape index (κ3) is 4.33. The van der Waals surface area contributed by atoms with Crippen molar-refractivity contribution in [3.8, 4) is 0 Å². The van der Waals surface area contributed by atoms with E-state index in [4.69, 9.17) is 0 Å². The first kappa shape index (κ1) is 18.1. The van der Waals surface area contributed by atoms with Gasteiger partial charge in [0.05, 0.1) is 6.10 Å². The van der Waals surface area contributed by atoms with E-state index in [0.717, 1.165) is 43.2 Å². The Balaban J connectivity index is 1.27. The van der Waals surface area contributed by atoms with E-state index in [9.17, 15) is 5.11 Å². The fraction of sp³-hybridized carbons (Fsp3) is 0.619. The topological polar surface area (TPSA) is 49.2 Å². The van der Waals surface area contributed by atoms with Crippen molar-refractivity contribution in [2.45, 2.75) is 63.5 Å². The number of rotatable bonds is 5. The molecule has 1 saturated heterocycles. The van der Waals surface area contributed by atoms with Crippen molar-refractivity contribution >= 4 is 11.3 Å². The molecule has 0 amide bonds. The number of likely N-dealkylation sites (tertiary alicyclic amines) is 1.